The zero-order valence-electron chi connectivity index (χ0n) is 16.5. The van der Waals surface area contributed by atoms with Crippen molar-refractivity contribution in [2.45, 2.75) is 32.9 Å². The molecule has 1 saturated heterocycles. The molecule has 0 saturated carbocycles. The molecule has 1 aliphatic rings. The van der Waals surface area contributed by atoms with Gasteiger partial charge in [0.15, 0.2) is 0 Å². The first-order chi connectivity index (χ1) is 13.4. The van der Waals surface area contributed by atoms with Crippen molar-refractivity contribution >= 4 is 11.8 Å². The Hall–Kier alpha value is -2.81. The summed E-state index contributed by atoms with van der Waals surface area (Å²) in [5.41, 5.74) is 0.794. The van der Waals surface area contributed by atoms with E-state index in [0.717, 1.165) is 18.7 Å². The predicted octanol–water partition coefficient (Wildman–Crippen LogP) is 0.937. The van der Waals surface area contributed by atoms with Crippen molar-refractivity contribution in [3.8, 4) is 11.4 Å². The Balaban J connectivity index is 1.61. The Morgan fingerprint density at radius 2 is 2.14 bits per heavy atom. The first-order valence-electron chi connectivity index (χ1n) is 9.42. The van der Waals surface area contributed by atoms with E-state index in [0.29, 0.717) is 24.2 Å². The predicted molar refractivity (Wildman–Crippen MR) is 102 cm³/mol. The molecule has 9 nitrogen and oxygen atoms in total. The number of rotatable bonds is 7. The van der Waals surface area contributed by atoms with E-state index >= 15 is 0 Å². The van der Waals surface area contributed by atoms with Gasteiger partial charge in [0.25, 0.3) is 0 Å². The van der Waals surface area contributed by atoms with E-state index in [1.807, 2.05) is 0 Å². The molecule has 0 aliphatic carbocycles. The lowest BCUT2D eigenvalue weighted by Gasteiger charge is -2.36. The second-order valence-corrected chi connectivity index (χ2v) is 7.40. The highest BCUT2D eigenvalue weighted by Crippen LogP contribution is 2.16. The zero-order valence-corrected chi connectivity index (χ0v) is 16.5. The average molecular weight is 386 g/mol. The average Bonchev–Trinajstić information content (AvgIpc) is 3.13. The molecule has 1 fully saturated rings. The van der Waals surface area contributed by atoms with E-state index in [-0.39, 0.29) is 24.8 Å². The van der Waals surface area contributed by atoms with E-state index in [1.165, 1.54) is 4.90 Å². The van der Waals surface area contributed by atoms with Crippen LogP contribution in [0.1, 0.15) is 26.2 Å². The summed E-state index contributed by atoms with van der Waals surface area (Å²) in [5, 5.41) is 6.80. The minimum atomic E-state index is -0.443. The number of aromatic nitrogens is 3. The van der Waals surface area contributed by atoms with Crippen LogP contribution < -0.4 is 5.32 Å². The summed E-state index contributed by atoms with van der Waals surface area (Å²) in [6.07, 6.45) is 3.43. The van der Waals surface area contributed by atoms with E-state index in [4.69, 9.17) is 4.52 Å². The van der Waals surface area contributed by atoms with Gasteiger partial charge < -0.3 is 14.7 Å². The van der Waals surface area contributed by atoms with Gasteiger partial charge in [-0.15, -0.1) is 0 Å². The van der Waals surface area contributed by atoms with Gasteiger partial charge in [0.05, 0.1) is 19.0 Å². The Kier molecular flexibility index (Phi) is 6.35. The summed E-state index contributed by atoms with van der Waals surface area (Å²) in [5.74, 6) is 0.986. The maximum Gasteiger partial charge on any atom is 0.246 e. The monoisotopic (exact) mass is 386 g/mol. The number of carbonyl (C=O) groups excluding carboxylic acids is 2. The third-order valence-corrected chi connectivity index (χ3v) is 4.61. The molecule has 0 radical (unpaired) electrons. The molecule has 1 N–H and O–H groups in total. The minimum absolute atomic E-state index is 0.0913. The first-order valence-corrected chi connectivity index (χ1v) is 9.42. The van der Waals surface area contributed by atoms with Crippen molar-refractivity contribution in [1.82, 2.24) is 30.2 Å². The largest absolute Gasteiger partial charge is 0.353 e. The first kappa shape index (κ1) is 19.9. The van der Waals surface area contributed by atoms with Crippen molar-refractivity contribution in [2.75, 3.05) is 26.7 Å². The fourth-order valence-electron chi connectivity index (χ4n) is 3.22. The molecule has 9 heteroatoms. The Bertz CT molecular complexity index is 807. The van der Waals surface area contributed by atoms with Crippen LogP contribution in [-0.2, 0) is 16.1 Å². The lowest BCUT2D eigenvalue weighted by molar-refractivity contribution is -0.138. The van der Waals surface area contributed by atoms with Crippen LogP contribution in [0.25, 0.3) is 11.4 Å². The molecule has 2 amide bonds. The van der Waals surface area contributed by atoms with Crippen molar-refractivity contribution in [3.63, 3.8) is 0 Å². The maximum absolute atomic E-state index is 12.7. The molecule has 2 aromatic rings. The fraction of sp³-hybridized carbons (Fsp3) is 0.526. The number of hydrogen-bond donors (Lipinski definition) is 1. The Morgan fingerprint density at radius 1 is 1.39 bits per heavy atom. The molecular weight excluding hydrogens is 360 g/mol. The van der Waals surface area contributed by atoms with Gasteiger partial charge >= 0.3 is 0 Å². The Morgan fingerprint density at radius 3 is 2.86 bits per heavy atom. The summed E-state index contributed by atoms with van der Waals surface area (Å²) in [6, 6.07) is 3.13. The van der Waals surface area contributed by atoms with E-state index in [9.17, 15) is 9.59 Å². The topological polar surface area (TPSA) is 104 Å². The molecule has 150 valence electrons. The highest BCUT2D eigenvalue weighted by atomic mass is 16.5. The van der Waals surface area contributed by atoms with Gasteiger partial charge in [0.2, 0.25) is 23.5 Å². The molecular formula is C19H26N6O3. The summed E-state index contributed by atoms with van der Waals surface area (Å²) in [6.45, 7) is 6.56. The van der Waals surface area contributed by atoms with E-state index < -0.39 is 6.04 Å². The molecule has 0 bridgehead atoms. The molecule has 3 rings (SSSR count). The standard InChI is InChI=1S/C19H26N6O3/c1-13(2)11-25-9-8-21-19(27)15(25)10-17(26)24(3)12-16-22-18(23-28-16)14-4-6-20-7-5-14/h4-7,13,15H,8-12H2,1-3H3,(H,21,27)/t15-/m1/s1. The number of nitrogens with one attached hydrogen (secondary N) is 1. The number of nitrogens with zero attached hydrogens (tertiary/aromatic N) is 5. The summed E-state index contributed by atoms with van der Waals surface area (Å²) in [7, 11) is 1.67. The maximum atomic E-state index is 12.7. The van der Waals surface area contributed by atoms with E-state index in [1.54, 1.807) is 31.6 Å². The van der Waals surface area contributed by atoms with Crippen LogP contribution in [0.5, 0.6) is 0 Å². The normalized spacial score (nSPS) is 17.6. The highest BCUT2D eigenvalue weighted by Gasteiger charge is 2.32. The molecule has 0 aromatic carbocycles. The fourth-order valence-corrected chi connectivity index (χ4v) is 3.22. The number of hydrogen-bond acceptors (Lipinski definition) is 7. The van der Waals surface area contributed by atoms with Crippen LogP contribution in [-0.4, -0.2) is 69.5 Å². The number of pyridine rings is 1. The number of amides is 2. The molecule has 2 aromatic heterocycles. The second-order valence-electron chi connectivity index (χ2n) is 7.40. The number of carbonyl (C=O) groups is 2. The van der Waals surface area contributed by atoms with Crippen molar-refractivity contribution in [1.29, 1.82) is 0 Å². The lowest BCUT2D eigenvalue weighted by atomic mass is 10.1. The van der Waals surface area contributed by atoms with E-state index in [2.05, 4.69) is 39.2 Å². The van der Waals surface area contributed by atoms with Gasteiger partial charge in [-0.05, 0) is 18.1 Å². The third-order valence-electron chi connectivity index (χ3n) is 4.61. The van der Waals surface area contributed by atoms with Gasteiger partial charge in [-0.1, -0.05) is 19.0 Å². The molecule has 1 aliphatic heterocycles. The van der Waals surface area contributed by atoms with Crippen LogP contribution >= 0.6 is 0 Å². The molecule has 28 heavy (non-hydrogen) atoms. The zero-order chi connectivity index (χ0) is 20.1. The molecule has 0 spiro atoms. The smallest absolute Gasteiger partial charge is 0.246 e. The number of piperazine rings is 1. The van der Waals surface area contributed by atoms with Gasteiger partial charge in [-0.25, -0.2) is 0 Å². The highest BCUT2D eigenvalue weighted by molar-refractivity contribution is 5.88. The van der Waals surface area contributed by atoms with Crippen molar-refractivity contribution < 1.29 is 14.1 Å². The third kappa shape index (κ3) is 4.92. The van der Waals surface area contributed by atoms with Crippen LogP contribution in [0.15, 0.2) is 29.0 Å². The van der Waals surface area contributed by atoms with Gasteiger partial charge in [0, 0.05) is 44.6 Å². The quantitative estimate of drug-likeness (QED) is 0.755. The van der Waals surface area contributed by atoms with Crippen molar-refractivity contribution in [3.05, 3.63) is 30.4 Å². The summed E-state index contributed by atoms with van der Waals surface area (Å²) in [4.78, 5) is 36.9. The van der Waals surface area contributed by atoms with Gasteiger partial charge in [0.1, 0.15) is 0 Å². The molecule has 1 atom stereocenters. The molecule has 0 unspecified atom stereocenters. The Labute approximate surface area is 164 Å². The van der Waals surface area contributed by atoms with Gasteiger partial charge in [-0.3, -0.25) is 19.5 Å². The van der Waals surface area contributed by atoms with Crippen molar-refractivity contribution in [2.24, 2.45) is 5.92 Å². The van der Waals surface area contributed by atoms with Crippen LogP contribution in [0.2, 0.25) is 0 Å². The minimum Gasteiger partial charge on any atom is -0.353 e. The van der Waals surface area contributed by atoms with Crippen LogP contribution in [0.4, 0.5) is 0 Å². The lowest BCUT2D eigenvalue weighted by Crippen LogP contribution is -2.57. The second kappa shape index (κ2) is 8.92. The summed E-state index contributed by atoms with van der Waals surface area (Å²) >= 11 is 0. The molecule has 3 heterocycles. The SMILES string of the molecule is CC(C)CN1CCNC(=O)[C@H]1CC(=O)N(C)Cc1nc(-c2ccncc2)no1. The van der Waals surface area contributed by atoms with Gasteiger partial charge in [-0.2, -0.15) is 4.98 Å². The van der Waals surface area contributed by atoms with Crippen LogP contribution in [0.3, 0.4) is 0 Å². The van der Waals surface area contributed by atoms with Crippen LogP contribution in [0, 0.1) is 5.92 Å². The summed E-state index contributed by atoms with van der Waals surface area (Å²) < 4.78 is 5.26.